The van der Waals surface area contributed by atoms with Crippen molar-refractivity contribution in [1.82, 2.24) is 14.5 Å². The van der Waals surface area contributed by atoms with Gasteiger partial charge in [-0.2, -0.15) is 0 Å². The van der Waals surface area contributed by atoms with Crippen LogP contribution in [0.15, 0.2) is 53.8 Å². The smallest absolute Gasteiger partial charge is 0.261 e. The van der Waals surface area contributed by atoms with Crippen molar-refractivity contribution in [1.29, 1.82) is 0 Å². The second-order valence-corrected chi connectivity index (χ2v) is 7.98. The van der Waals surface area contributed by atoms with E-state index in [1.54, 1.807) is 24.1 Å². The predicted molar refractivity (Wildman–Crippen MR) is 110 cm³/mol. The molecule has 0 N–H and O–H groups in total. The van der Waals surface area contributed by atoms with Crippen molar-refractivity contribution in [3.63, 3.8) is 0 Å². The van der Waals surface area contributed by atoms with Gasteiger partial charge in [-0.15, -0.1) is 17.9 Å². The highest BCUT2D eigenvalue weighted by atomic mass is 35.5. The number of amides is 1. The van der Waals surface area contributed by atoms with E-state index in [4.69, 9.17) is 11.6 Å². The molecule has 0 radical (unpaired) electrons. The van der Waals surface area contributed by atoms with Crippen LogP contribution in [-0.2, 0) is 24.8 Å². The van der Waals surface area contributed by atoms with Crippen LogP contribution in [0.4, 0.5) is 0 Å². The Morgan fingerprint density at radius 2 is 2.11 bits per heavy atom. The van der Waals surface area contributed by atoms with Gasteiger partial charge in [0.25, 0.3) is 5.56 Å². The van der Waals surface area contributed by atoms with Crippen molar-refractivity contribution >= 4 is 39.7 Å². The number of rotatable bonds is 7. The zero-order valence-corrected chi connectivity index (χ0v) is 16.6. The normalized spacial score (nSPS) is 10.9. The van der Waals surface area contributed by atoms with Gasteiger partial charge >= 0.3 is 0 Å². The Bertz CT molecular complexity index is 1040. The quantitative estimate of drug-likeness (QED) is 0.566. The average molecular weight is 402 g/mol. The molecule has 1 aromatic carbocycles. The van der Waals surface area contributed by atoms with Crippen LogP contribution >= 0.6 is 22.9 Å². The first-order valence-corrected chi connectivity index (χ1v) is 9.76. The Balaban J connectivity index is 1.75. The Labute approximate surface area is 166 Å². The van der Waals surface area contributed by atoms with E-state index in [9.17, 15) is 9.59 Å². The molecule has 0 unspecified atom stereocenters. The number of benzene rings is 1. The molecule has 0 spiro atoms. The molecule has 0 saturated carbocycles. The third kappa shape index (κ3) is 4.46. The molecule has 2 aromatic heterocycles. The van der Waals surface area contributed by atoms with Crippen LogP contribution in [0.3, 0.4) is 0 Å². The van der Waals surface area contributed by atoms with Crippen molar-refractivity contribution in [2.45, 2.75) is 19.4 Å². The number of halogens is 1. The van der Waals surface area contributed by atoms with Gasteiger partial charge in [0.05, 0.1) is 21.8 Å². The number of carbonyl (C=O) groups is 1. The van der Waals surface area contributed by atoms with Crippen LogP contribution in [0.2, 0.25) is 4.34 Å². The lowest BCUT2D eigenvalue weighted by Crippen LogP contribution is -2.31. The molecule has 7 heteroatoms. The Morgan fingerprint density at radius 1 is 1.33 bits per heavy atom. The molecule has 3 rings (SSSR count). The fraction of sp³-hybridized carbons (Fsp3) is 0.250. The molecule has 0 aliphatic carbocycles. The van der Waals surface area contributed by atoms with Gasteiger partial charge < -0.3 is 4.90 Å². The first kappa shape index (κ1) is 19.3. The number of aryl methyl sites for hydroxylation is 1. The van der Waals surface area contributed by atoms with Crippen LogP contribution in [0.25, 0.3) is 10.9 Å². The van der Waals surface area contributed by atoms with Crippen molar-refractivity contribution < 1.29 is 4.79 Å². The highest BCUT2D eigenvalue weighted by molar-refractivity contribution is 7.16. The van der Waals surface area contributed by atoms with Crippen molar-refractivity contribution in [2.24, 2.45) is 7.05 Å². The summed E-state index contributed by atoms with van der Waals surface area (Å²) in [7, 11) is 1.69. The number of hydrogen-bond donors (Lipinski definition) is 0. The van der Waals surface area contributed by atoms with Crippen LogP contribution < -0.4 is 5.56 Å². The minimum atomic E-state index is -0.0979. The molecule has 0 fully saturated rings. The van der Waals surface area contributed by atoms with Gasteiger partial charge in [-0.25, -0.2) is 4.98 Å². The summed E-state index contributed by atoms with van der Waals surface area (Å²) in [6.45, 7) is 4.68. The fourth-order valence-electron chi connectivity index (χ4n) is 2.90. The number of para-hydroxylation sites is 1. The maximum atomic E-state index is 12.7. The number of fused-ring (bicyclic) bond motifs is 1. The van der Waals surface area contributed by atoms with Crippen molar-refractivity contribution in [3.8, 4) is 0 Å². The number of carbonyl (C=O) groups excluding carboxylic acids is 1. The lowest BCUT2D eigenvalue weighted by Gasteiger charge is -2.20. The third-order valence-corrected chi connectivity index (χ3v) is 5.53. The van der Waals surface area contributed by atoms with E-state index in [1.807, 2.05) is 30.3 Å². The molecule has 0 atom stereocenters. The molecule has 0 bridgehead atoms. The van der Waals surface area contributed by atoms with E-state index >= 15 is 0 Å². The fourth-order valence-corrected chi connectivity index (χ4v) is 4.00. The van der Waals surface area contributed by atoms with Crippen LogP contribution in [0.1, 0.15) is 17.1 Å². The van der Waals surface area contributed by atoms with Gasteiger partial charge in [0.15, 0.2) is 0 Å². The van der Waals surface area contributed by atoms with E-state index in [0.29, 0.717) is 40.6 Å². The van der Waals surface area contributed by atoms with Gasteiger partial charge in [0.1, 0.15) is 5.82 Å². The first-order chi connectivity index (χ1) is 13.0. The molecule has 27 heavy (non-hydrogen) atoms. The van der Waals surface area contributed by atoms with E-state index in [0.717, 1.165) is 4.88 Å². The summed E-state index contributed by atoms with van der Waals surface area (Å²) in [5, 5.41) is 0.581. The zero-order chi connectivity index (χ0) is 19.4. The Hall–Kier alpha value is -2.44. The predicted octanol–water partition coefficient (Wildman–Crippen LogP) is 3.80. The van der Waals surface area contributed by atoms with E-state index in [2.05, 4.69) is 11.6 Å². The molecule has 0 aliphatic rings. The molecule has 5 nitrogen and oxygen atoms in total. The number of hydrogen-bond acceptors (Lipinski definition) is 4. The maximum absolute atomic E-state index is 12.7. The highest BCUT2D eigenvalue weighted by Gasteiger charge is 2.16. The van der Waals surface area contributed by atoms with Crippen LogP contribution in [0.5, 0.6) is 0 Å². The van der Waals surface area contributed by atoms with Crippen LogP contribution in [-0.4, -0.2) is 26.9 Å². The Kier molecular flexibility index (Phi) is 6.08. The van der Waals surface area contributed by atoms with E-state index in [-0.39, 0.29) is 17.9 Å². The number of nitrogens with zero attached hydrogens (tertiary/aromatic N) is 3. The standard InChI is InChI=1S/C20H20ClN3O2S/c1-3-12-24(13-14-8-9-17(21)27-14)19(25)11-10-18-22-16-7-5-4-6-15(16)20(26)23(18)2/h3-9H,1,10-13H2,2H3. The van der Waals surface area contributed by atoms with Gasteiger partial charge in [-0.05, 0) is 24.3 Å². The van der Waals surface area contributed by atoms with Crippen molar-refractivity contribution in [3.05, 3.63) is 74.4 Å². The Morgan fingerprint density at radius 3 is 2.81 bits per heavy atom. The topological polar surface area (TPSA) is 55.2 Å². The molecular formula is C20H20ClN3O2S. The largest absolute Gasteiger partial charge is 0.334 e. The SMILES string of the molecule is C=CCN(Cc1ccc(Cl)s1)C(=O)CCc1nc2ccccc2c(=O)n1C. The van der Waals surface area contributed by atoms with E-state index < -0.39 is 0 Å². The second-order valence-electron chi connectivity index (χ2n) is 6.18. The lowest BCUT2D eigenvalue weighted by molar-refractivity contribution is -0.131. The van der Waals surface area contributed by atoms with Crippen molar-refractivity contribution in [2.75, 3.05) is 6.54 Å². The summed E-state index contributed by atoms with van der Waals surface area (Å²) in [5.41, 5.74) is 0.554. The van der Waals surface area contributed by atoms with Gasteiger partial charge in [-0.1, -0.05) is 29.8 Å². The van der Waals surface area contributed by atoms with Crippen LogP contribution in [0, 0.1) is 0 Å². The molecule has 0 aliphatic heterocycles. The number of thiophene rings is 1. The van der Waals surface area contributed by atoms with E-state index in [1.165, 1.54) is 15.9 Å². The molecule has 140 valence electrons. The average Bonchev–Trinajstić information content (AvgIpc) is 3.07. The molecule has 3 aromatic rings. The molecule has 0 saturated heterocycles. The highest BCUT2D eigenvalue weighted by Crippen LogP contribution is 2.23. The first-order valence-electron chi connectivity index (χ1n) is 8.57. The maximum Gasteiger partial charge on any atom is 0.261 e. The minimum Gasteiger partial charge on any atom is -0.334 e. The second kappa shape index (κ2) is 8.50. The third-order valence-electron chi connectivity index (χ3n) is 4.32. The summed E-state index contributed by atoms with van der Waals surface area (Å²) < 4.78 is 2.22. The zero-order valence-electron chi connectivity index (χ0n) is 15.0. The number of aromatic nitrogens is 2. The summed E-state index contributed by atoms with van der Waals surface area (Å²) in [6.07, 6.45) is 2.37. The monoisotopic (exact) mass is 401 g/mol. The summed E-state index contributed by atoms with van der Waals surface area (Å²) in [4.78, 5) is 32.5. The summed E-state index contributed by atoms with van der Waals surface area (Å²) >= 11 is 7.44. The minimum absolute atomic E-state index is 0.0122. The summed E-state index contributed by atoms with van der Waals surface area (Å²) in [5.74, 6) is 0.589. The molecule has 1 amide bonds. The van der Waals surface area contributed by atoms with Gasteiger partial charge in [-0.3, -0.25) is 14.2 Å². The molecule has 2 heterocycles. The van der Waals surface area contributed by atoms with Gasteiger partial charge in [0.2, 0.25) is 5.91 Å². The molecular weight excluding hydrogens is 382 g/mol. The lowest BCUT2D eigenvalue weighted by atomic mass is 10.2. The summed E-state index contributed by atoms with van der Waals surface area (Å²) in [6, 6.07) is 11.0. The van der Waals surface area contributed by atoms with Gasteiger partial charge in [0, 0.05) is 31.3 Å².